The summed E-state index contributed by atoms with van der Waals surface area (Å²) in [6, 6.07) is 13.9. The molecule has 1 N–H and O–H groups in total. The van der Waals surface area contributed by atoms with Crippen LogP contribution in [0.2, 0.25) is 0 Å². The first-order valence-corrected chi connectivity index (χ1v) is 11.0. The molecule has 3 aromatic rings. The van der Waals surface area contributed by atoms with E-state index >= 15 is 0 Å². The zero-order valence-corrected chi connectivity index (χ0v) is 17.7. The molecule has 1 fully saturated rings. The van der Waals surface area contributed by atoms with E-state index in [0.29, 0.717) is 19.6 Å². The van der Waals surface area contributed by atoms with Crippen LogP contribution in [0.5, 0.6) is 0 Å². The Hall–Kier alpha value is -2.44. The molecule has 2 aromatic heterocycles. The number of carbonyl (C=O) groups is 1. The zero-order valence-electron chi connectivity index (χ0n) is 16.9. The van der Waals surface area contributed by atoms with Gasteiger partial charge in [0.2, 0.25) is 0 Å². The smallest absolute Gasteiger partial charge is 0.253 e. The van der Waals surface area contributed by atoms with Crippen LogP contribution >= 0.6 is 11.3 Å². The van der Waals surface area contributed by atoms with Crippen LogP contribution in [0.3, 0.4) is 0 Å². The van der Waals surface area contributed by atoms with Crippen LogP contribution in [0.25, 0.3) is 0 Å². The molecule has 1 amide bonds. The van der Waals surface area contributed by atoms with Crippen LogP contribution in [0, 0.1) is 19.8 Å². The quantitative estimate of drug-likeness (QED) is 0.687. The highest BCUT2D eigenvalue weighted by molar-refractivity contribution is 7.10. The van der Waals surface area contributed by atoms with Crippen molar-refractivity contribution >= 4 is 17.2 Å². The summed E-state index contributed by atoms with van der Waals surface area (Å²) in [5.41, 5.74) is 3.92. The molecule has 29 heavy (non-hydrogen) atoms. The van der Waals surface area contributed by atoms with Crippen LogP contribution in [0.15, 0.2) is 47.8 Å². The van der Waals surface area contributed by atoms with Crippen molar-refractivity contribution in [2.45, 2.75) is 39.3 Å². The average Bonchev–Trinajstić information content (AvgIpc) is 3.37. The van der Waals surface area contributed by atoms with Crippen LogP contribution in [0.1, 0.15) is 51.1 Å². The third kappa shape index (κ3) is 4.43. The second kappa shape index (κ2) is 8.51. The van der Waals surface area contributed by atoms with Gasteiger partial charge < -0.3 is 10.0 Å². The fourth-order valence-corrected chi connectivity index (χ4v) is 4.91. The fraction of sp³-hybridized carbons (Fsp3) is 0.391. The monoisotopic (exact) mass is 409 g/mol. The highest BCUT2D eigenvalue weighted by atomic mass is 32.1. The summed E-state index contributed by atoms with van der Waals surface area (Å²) >= 11 is 1.60. The van der Waals surface area contributed by atoms with Gasteiger partial charge in [0.25, 0.3) is 5.91 Å². The summed E-state index contributed by atoms with van der Waals surface area (Å²) in [6.45, 7) is 6.07. The van der Waals surface area contributed by atoms with E-state index in [1.54, 1.807) is 11.3 Å². The van der Waals surface area contributed by atoms with Gasteiger partial charge in [-0.1, -0.05) is 18.2 Å². The van der Waals surface area contributed by atoms with Gasteiger partial charge in [-0.25, -0.2) is 0 Å². The summed E-state index contributed by atoms with van der Waals surface area (Å²) < 4.78 is 1.97. The maximum Gasteiger partial charge on any atom is 0.253 e. The van der Waals surface area contributed by atoms with E-state index < -0.39 is 6.10 Å². The van der Waals surface area contributed by atoms with E-state index in [-0.39, 0.29) is 11.8 Å². The third-order valence-corrected chi connectivity index (χ3v) is 6.66. The maximum absolute atomic E-state index is 13.0. The number of hydrogen-bond acceptors (Lipinski definition) is 4. The van der Waals surface area contributed by atoms with E-state index in [0.717, 1.165) is 40.2 Å². The largest absolute Gasteiger partial charge is 0.387 e. The van der Waals surface area contributed by atoms with E-state index in [1.165, 1.54) is 0 Å². The van der Waals surface area contributed by atoms with Crippen LogP contribution in [0.4, 0.5) is 0 Å². The summed E-state index contributed by atoms with van der Waals surface area (Å²) in [6.07, 6.45) is 1.24. The van der Waals surface area contributed by atoms with Gasteiger partial charge in [0.1, 0.15) is 0 Å². The summed E-state index contributed by atoms with van der Waals surface area (Å²) in [5.74, 6) is 0.291. The average molecular weight is 410 g/mol. The number of carbonyl (C=O) groups excluding carboxylic acids is 1. The van der Waals surface area contributed by atoms with E-state index in [9.17, 15) is 9.90 Å². The van der Waals surface area contributed by atoms with Crippen molar-refractivity contribution < 1.29 is 9.90 Å². The van der Waals surface area contributed by atoms with Gasteiger partial charge in [-0.05, 0) is 67.8 Å². The number of aliphatic hydroxyl groups is 1. The Bertz CT molecular complexity index is 972. The van der Waals surface area contributed by atoms with Crippen LogP contribution < -0.4 is 0 Å². The number of thiophene rings is 1. The van der Waals surface area contributed by atoms with Gasteiger partial charge in [0.05, 0.1) is 18.3 Å². The molecule has 1 aliphatic rings. The summed E-state index contributed by atoms with van der Waals surface area (Å²) in [5, 5.41) is 17.1. The molecule has 0 spiro atoms. The van der Waals surface area contributed by atoms with Crippen molar-refractivity contribution in [3.63, 3.8) is 0 Å². The number of aliphatic hydroxyl groups excluding tert-OH is 1. The predicted octanol–water partition coefficient (Wildman–Crippen LogP) is 4.20. The molecule has 6 heteroatoms. The minimum absolute atomic E-state index is 0.0734. The predicted molar refractivity (Wildman–Crippen MR) is 115 cm³/mol. The van der Waals surface area contributed by atoms with Crippen LogP contribution in [-0.4, -0.2) is 38.8 Å². The van der Waals surface area contributed by atoms with Gasteiger partial charge in [0.15, 0.2) is 0 Å². The molecule has 0 radical (unpaired) electrons. The van der Waals surface area contributed by atoms with Gasteiger partial charge in [-0.2, -0.15) is 5.10 Å². The lowest BCUT2D eigenvalue weighted by Crippen LogP contribution is -2.39. The number of aromatic nitrogens is 2. The van der Waals surface area contributed by atoms with E-state index in [4.69, 9.17) is 0 Å². The van der Waals surface area contributed by atoms with Gasteiger partial charge in [-0.3, -0.25) is 9.48 Å². The van der Waals surface area contributed by atoms with Crippen molar-refractivity contribution in [1.29, 1.82) is 0 Å². The Kier molecular flexibility index (Phi) is 5.83. The molecular weight excluding hydrogens is 382 g/mol. The first kappa shape index (κ1) is 19.9. The molecule has 0 aliphatic carbocycles. The van der Waals surface area contributed by atoms with Crippen molar-refractivity contribution in [3.8, 4) is 0 Å². The molecule has 0 bridgehead atoms. The number of piperidine rings is 1. The Morgan fingerprint density at radius 3 is 2.66 bits per heavy atom. The lowest BCUT2D eigenvalue weighted by Gasteiger charge is -2.34. The molecule has 1 saturated heterocycles. The number of aryl methyl sites for hydroxylation is 2. The Morgan fingerprint density at radius 1 is 1.21 bits per heavy atom. The third-order valence-electron chi connectivity index (χ3n) is 5.72. The number of rotatable bonds is 5. The van der Waals surface area contributed by atoms with Crippen LogP contribution in [-0.2, 0) is 6.54 Å². The topological polar surface area (TPSA) is 58.4 Å². The number of benzene rings is 1. The molecule has 1 unspecified atom stereocenters. The first-order chi connectivity index (χ1) is 14.0. The molecule has 3 heterocycles. The summed E-state index contributed by atoms with van der Waals surface area (Å²) in [4.78, 5) is 16.0. The molecule has 0 saturated carbocycles. The van der Waals surface area contributed by atoms with Gasteiger partial charge >= 0.3 is 0 Å². The normalized spacial score (nSPS) is 16.2. The lowest BCUT2D eigenvalue weighted by molar-refractivity contribution is 0.0474. The molecular formula is C23H27N3O2S. The van der Waals surface area contributed by atoms with Crippen molar-refractivity contribution in [2.24, 2.45) is 5.92 Å². The molecule has 1 atom stereocenters. The highest BCUT2D eigenvalue weighted by Gasteiger charge is 2.29. The zero-order chi connectivity index (χ0) is 20.4. The first-order valence-electron chi connectivity index (χ1n) is 10.1. The molecule has 1 aromatic carbocycles. The standard InChI is InChI=1S/C23H27N3O2S/c1-16-13-17(2)26(24-16)15-18-5-3-6-20(14-18)23(28)25-10-8-19(9-11-25)22(27)21-7-4-12-29-21/h3-7,12-14,19,22,27H,8-11,15H2,1-2H3. The SMILES string of the molecule is Cc1cc(C)n(Cc2cccc(C(=O)N3CCC(C(O)c4cccs4)CC3)c2)n1. The fourth-order valence-electron chi connectivity index (χ4n) is 4.10. The molecule has 152 valence electrons. The van der Waals surface area contributed by atoms with Gasteiger partial charge in [0, 0.05) is 29.2 Å². The van der Waals surface area contributed by atoms with E-state index in [2.05, 4.69) is 11.2 Å². The molecule has 5 nitrogen and oxygen atoms in total. The van der Waals surface area contributed by atoms with E-state index in [1.807, 2.05) is 65.2 Å². The van der Waals surface area contributed by atoms with Crippen molar-refractivity contribution in [3.05, 3.63) is 75.2 Å². The lowest BCUT2D eigenvalue weighted by atomic mass is 9.90. The number of hydrogen-bond donors (Lipinski definition) is 1. The van der Waals surface area contributed by atoms with Crippen molar-refractivity contribution in [1.82, 2.24) is 14.7 Å². The minimum Gasteiger partial charge on any atom is -0.387 e. The highest BCUT2D eigenvalue weighted by Crippen LogP contribution is 2.33. The molecule has 1 aliphatic heterocycles. The second-order valence-corrected chi connectivity index (χ2v) is 8.85. The Morgan fingerprint density at radius 2 is 2.00 bits per heavy atom. The Labute approximate surface area is 175 Å². The van der Waals surface area contributed by atoms with Gasteiger partial charge in [-0.15, -0.1) is 11.3 Å². The molecule has 4 rings (SSSR count). The second-order valence-electron chi connectivity index (χ2n) is 7.88. The maximum atomic E-state index is 13.0. The Balaban J connectivity index is 1.39. The summed E-state index contributed by atoms with van der Waals surface area (Å²) in [7, 11) is 0. The van der Waals surface area contributed by atoms with Crippen molar-refractivity contribution in [2.75, 3.05) is 13.1 Å². The minimum atomic E-state index is -0.420. The number of nitrogens with zero attached hydrogens (tertiary/aromatic N) is 3. The number of likely N-dealkylation sites (tertiary alicyclic amines) is 1. The number of amides is 1.